The first kappa shape index (κ1) is 15.2. The molecule has 0 bridgehead atoms. The van der Waals surface area contributed by atoms with E-state index in [0.29, 0.717) is 16.7 Å². The van der Waals surface area contributed by atoms with Gasteiger partial charge in [0.1, 0.15) is 0 Å². The predicted molar refractivity (Wildman–Crippen MR) is 91.4 cm³/mol. The molecule has 124 valence electrons. The summed E-state index contributed by atoms with van der Waals surface area (Å²) in [7, 11) is 0. The summed E-state index contributed by atoms with van der Waals surface area (Å²) in [5, 5.41) is 10.5. The van der Waals surface area contributed by atoms with E-state index in [1.165, 1.54) is 32.1 Å². The molecule has 4 aliphatic carbocycles. The molecule has 0 amide bonds. The minimum absolute atomic E-state index is 0.0864. The molecule has 0 saturated heterocycles. The number of aliphatic hydroxyl groups excluding tert-OH is 1. The molecule has 0 aromatic carbocycles. The van der Waals surface area contributed by atoms with Crippen LogP contribution in [0.1, 0.15) is 72.6 Å². The number of aliphatic hydroxyl groups is 1. The van der Waals surface area contributed by atoms with Gasteiger partial charge in [-0.25, -0.2) is 0 Å². The highest BCUT2D eigenvalue weighted by Crippen LogP contribution is 2.65. The van der Waals surface area contributed by atoms with Crippen LogP contribution < -0.4 is 0 Å². The van der Waals surface area contributed by atoms with Gasteiger partial charge in [-0.15, -0.1) is 0 Å². The number of hydrogen-bond donors (Lipinski definition) is 1. The topological polar surface area (TPSA) is 20.2 Å². The van der Waals surface area contributed by atoms with Crippen molar-refractivity contribution in [3.63, 3.8) is 0 Å². The van der Waals surface area contributed by atoms with Gasteiger partial charge in [0.25, 0.3) is 0 Å². The van der Waals surface area contributed by atoms with Crippen LogP contribution in [-0.4, -0.2) is 11.2 Å². The summed E-state index contributed by atoms with van der Waals surface area (Å²) in [6.07, 6.45) is 11.7. The van der Waals surface area contributed by atoms with E-state index in [-0.39, 0.29) is 6.10 Å². The fourth-order valence-corrected chi connectivity index (χ4v) is 7.29. The average molecular weight is 303 g/mol. The second kappa shape index (κ2) is 4.85. The van der Waals surface area contributed by atoms with Crippen molar-refractivity contribution in [3.05, 3.63) is 11.6 Å². The quantitative estimate of drug-likeness (QED) is 0.610. The molecule has 8 atom stereocenters. The van der Waals surface area contributed by atoms with Gasteiger partial charge in [-0.3, -0.25) is 0 Å². The van der Waals surface area contributed by atoms with Gasteiger partial charge >= 0.3 is 0 Å². The summed E-state index contributed by atoms with van der Waals surface area (Å²) in [6.45, 7) is 9.77. The first-order chi connectivity index (χ1) is 10.3. The lowest BCUT2D eigenvalue weighted by atomic mass is 9.47. The summed E-state index contributed by atoms with van der Waals surface area (Å²) < 4.78 is 0. The highest BCUT2D eigenvalue weighted by Gasteiger charge is 2.57. The standard InChI is InChI=1S/C21H34O/c1-13-9-18-16-6-5-15-10-14(2)19(22)12-21(15,4)17(16)7-8-20(18,3)11-13/h5,13-14,16-19,22H,6-12H2,1-4H3/t13?,14?,16-,17-,18+,19?,20-,21+/m1/s1. The second-order valence-corrected chi connectivity index (χ2v) is 9.95. The van der Waals surface area contributed by atoms with E-state index in [1.54, 1.807) is 5.57 Å². The molecule has 1 heteroatoms. The molecule has 1 nitrogen and oxygen atoms in total. The molecule has 3 unspecified atom stereocenters. The maximum atomic E-state index is 10.5. The van der Waals surface area contributed by atoms with Gasteiger partial charge in [-0.05, 0) is 85.4 Å². The highest BCUT2D eigenvalue weighted by atomic mass is 16.3. The van der Waals surface area contributed by atoms with Gasteiger partial charge in [0.2, 0.25) is 0 Å². The summed E-state index contributed by atoms with van der Waals surface area (Å²) in [6, 6.07) is 0. The molecule has 0 radical (unpaired) electrons. The zero-order chi connectivity index (χ0) is 15.7. The van der Waals surface area contributed by atoms with Crippen LogP contribution in [0.5, 0.6) is 0 Å². The Morgan fingerprint density at radius 1 is 1.14 bits per heavy atom. The predicted octanol–water partition coefficient (Wildman–Crippen LogP) is 5.19. The van der Waals surface area contributed by atoms with Crippen LogP contribution >= 0.6 is 0 Å². The third-order valence-electron chi connectivity index (χ3n) is 8.45. The lowest BCUT2D eigenvalue weighted by Gasteiger charge is -2.58. The SMILES string of the molecule is CC1C[C@H]2[C@@H]3CC=C4CC(C)C(O)C[C@]4(C)[C@@H]3CC[C@]2(C)C1. The van der Waals surface area contributed by atoms with Crippen LogP contribution in [0.25, 0.3) is 0 Å². The van der Waals surface area contributed by atoms with Crippen LogP contribution in [-0.2, 0) is 0 Å². The molecule has 4 aliphatic rings. The molecule has 0 aliphatic heterocycles. The fraction of sp³-hybridized carbons (Fsp3) is 0.905. The zero-order valence-electron chi connectivity index (χ0n) is 14.9. The molecule has 0 spiro atoms. The van der Waals surface area contributed by atoms with E-state index in [9.17, 15) is 5.11 Å². The second-order valence-electron chi connectivity index (χ2n) is 9.95. The minimum Gasteiger partial charge on any atom is -0.393 e. The van der Waals surface area contributed by atoms with Crippen molar-refractivity contribution in [1.29, 1.82) is 0 Å². The summed E-state index contributed by atoms with van der Waals surface area (Å²) >= 11 is 0. The lowest BCUT2D eigenvalue weighted by Crippen LogP contribution is -2.51. The van der Waals surface area contributed by atoms with Crippen molar-refractivity contribution in [3.8, 4) is 0 Å². The molecular formula is C21H34O. The normalized spacial score (nSPS) is 57.6. The van der Waals surface area contributed by atoms with E-state index in [1.807, 2.05) is 0 Å². The van der Waals surface area contributed by atoms with Crippen molar-refractivity contribution in [2.75, 3.05) is 0 Å². The van der Waals surface area contributed by atoms with Gasteiger partial charge in [0.05, 0.1) is 6.10 Å². The van der Waals surface area contributed by atoms with Crippen molar-refractivity contribution < 1.29 is 5.11 Å². The van der Waals surface area contributed by atoms with Gasteiger partial charge in [0, 0.05) is 0 Å². The Hall–Kier alpha value is -0.300. The van der Waals surface area contributed by atoms with Crippen LogP contribution in [0.4, 0.5) is 0 Å². The maximum absolute atomic E-state index is 10.5. The third kappa shape index (κ3) is 2.00. The van der Waals surface area contributed by atoms with Crippen molar-refractivity contribution in [2.24, 2.45) is 40.4 Å². The Kier molecular flexibility index (Phi) is 3.36. The smallest absolute Gasteiger partial charge is 0.0577 e. The van der Waals surface area contributed by atoms with Gasteiger partial charge in [-0.1, -0.05) is 39.3 Å². The average Bonchev–Trinajstić information content (AvgIpc) is 2.75. The molecule has 4 rings (SSSR count). The van der Waals surface area contributed by atoms with Crippen molar-refractivity contribution in [2.45, 2.75) is 78.7 Å². The van der Waals surface area contributed by atoms with Crippen LogP contribution in [0, 0.1) is 40.4 Å². The Labute approximate surface area is 136 Å². The Bertz CT molecular complexity index is 494. The molecule has 3 saturated carbocycles. The van der Waals surface area contributed by atoms with Crippen LogP contribution in [0.15, 0.2) is 11.6 Å². The first-order valence-corrected chi connectivity index (χ1v) is 9.71. The van der Waals surface area contributed by atoms with E-state index in [4.69, 9.17) is 0 Å². The molecule has 0 aromatic rings. The molecule has 1 N–H and O–H groups in total. The lowest BCUT2D eigenvalue weighted by molar-refractivity contribution is -0.0561. The number of hydrogen-bond acceptors (Lipinski definition) is 1. The maximum Gasteiger partial charge on any atom is 0.0577 e. The van der Waals surface area contributed by atoms with E-state index in [2.05, 4.69) is 33.8 Å². The number of rotatable bonds is 0. The number of allylic oxidation sites excluding steroid dienone is 2. The first-order valence-electron chi connectivity index (χ1n) is 9.71. The van der Waals surface area contributed by atoms with E-state index < -0.39 is 0 Å². The van der Waals surface area contributed by atoms with Crippen molar-refractivity contribution >= 4 is 0 Å². The molecular weight excluding hydrogens is 268 g/mol. The summed E-state index contributed by atoms with van der Waals surface area (Å²) in [4.78, 5) is 0. The monoisotopic (exact) mass is 302 g/mol. The van der Waals surface area contributed by atoms with Crippen LogP contribution in [0.2, 0.25) is 0 Å². The Morgan fingerprint density at radius 3 is 2.68 bits per heavy atom. The zero-order valence-corrected chi connectivity index (χ0v) is 14.9. The van der Waals surface area contributed by atoms with Crippen molar-refractivity contribution in [1.82, 2.24) is 0 Å². The number of fused-ring (bicyclic) bond motifs is 5. The van der Waals surface area contributed by atoms with E-state index >= 15 is 0 Å². The van der Waals surface area contributed by atoms with E-state index in [0.717, 1.165) is 36.5 Å². The fourth-order valence-electron chi connectivity index (χ4n) is 7.29. The molecule has 0 heterocycles. The highest BCUT2D eigenvalue weighted by molar-refractivity contribution is 5.25. The molecule has 22 heavy (non-hydrogen) atoms. The largest absolute Gasteiger partial charge is 0.393 e. The van der Waals surface area contributed by atoms with Gasteiger partial charge in [0.15, 0.2) is 0 Å². The van der Waals surface area contributed by atoms with Gasteiger partial charge in [-0.2, -0.15) is 0 Å². The molecule has 3 fully saturated rings. The molecule has 0 aromatic heterocycles. The Balaban J connectivity index is 1.68. The van der Waals surface area contributed by atoms with Crippen LogP contribution in [0.3, 0.4) is 0 Å². The third-order valence-corrected chi connectivity index (χ3v) is 8.45. The summed E-state index contributed by atoms with van der Waals surface area (Å²) in [5.41, 5.74) is 2.60. The van der Waals surface area contributed by atoms with Gasteiger partial charge < -0.3 is 5.11 Å². The Morgan fingerprint density at radius 2 is 1.91 bits per heavy atom. The minimum atomic E-state index is -0.0864. The summed E-state index contributed by atoms with van der Waals surface area (Å²) in [5.74, 6) is 4.03.